The van der Waals surface area contributed by atoms with Crippen molar-refractivity contribution >= 4 is 39.3 Å². The van der Waals surface area contributed by atoms with Crippen molar-refractivity contribution in [3.63, 3.8) is 0 Å². The van der Waals surface area contributed by atoms with Crippen LogP contribution in [0.5, 0.6) is 0 Å². The monoisotopic (exact) mass is 342 g/mol. The minimum absolute atomic E-state index is 0.0110. The first kappa shape index (κ1) is 13.9. The van der Waals surface area contributed by atoms with Gasteiger partial charge >= 0.3 is 0 Å². The molecule has 18 heavy (non-hydrogen) atoms. The van der Waals surface area contributed by atoms with E-state index in [1.54, 1.807) is 6.20 Å². The van der Waals surface area contributed by atoms with Crippen LogP contribution in [0.3, 0.4) is 0 Å². The molecule has 0 saturated carbocycles. The average Bonchev–Trinajstić information content (AvgIpc) is 2.34. The lowest BCUT2D eigenvalue weighted by atomic mass is 10.1. The van der Waals surface area contributed by atoms with Crippen LogP contribution in [0.1, 0.15) is 18.5 Å². The summed E-state index contributed by atoms with van der Waals surface area (Å²) in [6.07, 6.45) is 1.76. The van der Waals surface area contributed by atoms with Gasteiger partial charge < -0.3 is 5.73 Å². The zero-order chi connectivity index (χ0) is 13.1. The lowest BCUT2D eigenvalue weighted by Crippen LogP contribution is -2.04. The third-order valence-electron chi connectivity index (χ3n) is 2.41. The Morgan fingerprint density at radius 3 is 2.78 bits per heavy atom. The number of hydrogen-bond donors (Lipinski definition) is 1. The van der Waals surface area contributed by atoms with E-state index in [0.29, 0.717) is 5.02 Å². The van der Waals surface area contributed by atoms with E-state index >= 15 is 0 Å². The third-order valence-corrected chi connectivity index (χ3v) is 4.83. The summed E-state index contributed by atoms with van der Waals surface area (Å²) in [7, 11) is 0. The van der Waals surface area contributed by atoms with E-state index < -0.39 is 0 Å². The Morgan fingerprint density at radius 2 is 2.17 bits per heavy atom. The topological polar surface area (TPSA) is 38.9 Å². The average molecular weight is 344 g/mol. The van der Waals surface area contributed by atoms with E-state index in [-0.39, 0.29) is 6.04 Å². The van der Waals surface area contributed by atoms with Gasteiger partial charge in [0.15, 0.2) is 0 Å². The van der Waals surface area contributed by atoms with Crippen LogP contribution in [-0.2, 0) is 0 Å². The first-order valence-corrected chi connectivity index (χ1v) is 7.40. The Hall–Kier alpha value is -0.550. The van der Waals surface area contributed by atoms with Crippen molar-refractivity contribution in [3.05, 3.63) is 51.6 Å². The van der Waals surface area contributed by atoms with Crippen LogP contribution < -0.4 is 5.73 Å². The molecular weight excluding hydrogens is 332 g/mol. The molecule has 2 N–H and O–H groups in total. The highest BCUT2D eigenvalue weighted by Crippen LogP contribution is 2.36. The Morgan fingerprint density at radius 1 is 1.39 bits per heavy atom. The summed E-state index contributed by atoms with van der Waals surface area (Å²) in [6, 6.07) is 9.71. The number of nitrogens with two attached hydrogens (primary N) is 1. The molecule has 1 heterocycles. The molecule has 0 amide bonds. The molecule has 0 bridgehead atoms. The van der Waals surface area contributed by atoms with Crippen LogP contribution in [0.2, 0.25) is 5.02 Å². The summed E-state index contributed by atoms with van der Waals surface area (Å²) in [5.41, 5.74) is 6.86. The van der Waals surface area contributed by atoms with E-state index in [0.717, 1.165) is 20.0 Å². The van der Waals surface area contributed by atoms with Crippen LogP contribution in [0.4, 0.5) is 0 Å². The molecule has 2 nitrogen and oxygen atoms in total. The predicted molar refractivity (Wildman–Crippen MR) is 80.1 cm³/mol. The molecule has 1 atom stereocenters. The molecule has 94 valence electrons. The fraction of sp³-hybridized carbons (Fsp3) is 0.154. The maximum Gasteiger partial charge on any atom is 0.115 e. The lowest BCUT2D eigenvalue weighted by Gasteiger charge is -2.09. The highest BCUT2D eigenvalue weighted by atomic mass is 79.9. The van der Waals surface area contributed by atoms with Crippen LogP contribution in [0.15, 0.2) is 50.9 Å². The summed E-state index contributed by atoms with van der Waals surface area (Å²) < 4.78 is 0.960. The summed E-state index contributed by atoms with van der Waals surface area (Å²) in [4.78, 5) is 5.28. The SMILES string of the molecule is C[C@H](N)c1ccc(Sc2ncccc2Br)c(Cl)c1. The summed E-state index contributed by atoms with van der Waals surface area (Å²) in [5, 5.41) is 1.60. The largest absolute Gasteiger partial charge is 0.324 e. The molecule has 1 aromatic heterocycles. The smallest absolute Gasteiger partial charge is 0.115 e. The molecule has 2 rings (SSSR count). The molecule has 0 radical (unpaired) electrons. The number of nitrogens with zero attached hydrogens (tertiary/aromatic N) is 1. The summed E-state index contributed by atoms with van der Waals surface area (Å²) in [5.74, 6) is 0. The van der Waals surface area contributed by atoms with Gasteiger partial charge in [0.25, 0.3) is 0 Å². The van der Waals surface area contributed by atoms with Crippen LogP contribution in [-0.4, -0.2) is 4.98 Å². The highest BCUT2D eigenvalue weighted by molar-refractivity contribution is 9.10. The molecule has 2 aromatic rings. The fourth-order valence-electron chi connectivity index (χ4n) is 1.43. The van der Waals surface area contributed by atoms with Crippen molar-refractivity contribution in [2.24, 2.45) is 5.73 Å². The Balaban J connectivity index is 2.28. The van der Waals surface area contributed by atoms with E-state index in [4.69, 9.17) is 17.3 Å². The molecule has 1 aromatic carbocycles. The third kappa shape index (κ3) is 3.26. The Bertz CT molecular complexity index is 560. The highest BCUT2D eigenvalue weighted by Gasteiger charge is 2.09. The van der Waals surface area contributed by atoms with E-state index in [1.807, 2.05) is 37.3 Å². The molecule has 0 aliphatic rings. The second-order valence-corrected chi connectivity index (χ2v) is 6.16. The molecule has 0 unspecified atom stereocenters. The second-order valence-electron chi connectivity index (χ2n) is 3.87. The quantitative estimate of drug-likeness (QED) is 0.880. The maximum absolute atomic E-state index is 6.26. The number of rotatable bonds is 3. The van der Waals surface area contributed by atoms with Gasteiger partial charge in [-0.05, 0) is 52.7 Å². The van der Waals surface area contributed by atoms with Gasteiger partial charge in [0.1, 0.15) is 5.03 Å². The van der Waals surface area contributed by atoms with Gasteiger partial charge in [-0.25, -0.2) is 4.98 Å². The van der Waals surface area contributed by atoms with Crippen LogP contribution in [0, 0.1) is 0 Å². The number of hydrogen-bond acceptors (Lipinski definition) is 3. The van der Waals surface area contributed by atoms with Gasteiger partial charge in [-0.3, -0.25) is 0 Å². The molecule has 0 aliphatic carbocycles. The maximum atomic E-state index is 6.26. The number of aromatic nitrogens is 1. The molecular formula is C13H12BrClN2S. The van der Waals surface area contributed by atoms with Crippen molar-refractivity contribution in [1.82, 2.24) is 4.98 Å². The van der Waals surface area contributed by atoms with Crippen molar-refractivity contribution in [3.8, 4) is 0 Å². The van der Waals surface area contributed by atoms with Gasteiger partial charge in [0.2, 0.25) is 0 Å². The minimum Gasteiger partial charge on any atom is -0.324 e. The van der Waals surface area contributed by atoms with Gasteiger partial charge in [0.05, 0.1) is 9.50 Å². The number of benzene rings is 1. The van der Waals surface area contributed by atoms with Gasteiger partial charge in [-0.15, -0.1) is 0 Å². The molecule has 0 saturated heterocycles. The zero-order valence-electron chi connectivity index (χ0n) is 9.73. The van der Waals surface area contributed by atoms with Crippen molar-refractivity contribution in [2.45, 2.75) is 22.9 Å². The molecule has 0 spiro atoms. The number of pyridine rings is 1. The zero-order valence-corrected chi connectivity index (χ0v) is 12.9. The fourth-order valence-corrected chi connectivity index (χ4v) is 3.02. The van der Waals surface area contributed by atoms with Crippen molar-refractivity contribution < 1.29 is 0 Å². The molecule has 0 fully saturated rings. The summed E-state index contributed by atoms with van der Waals surface area (Å²) >= 11 is 11.3. The standard InChI is InChI=1S/C13H12BrClN2S/c1-8(16)9-4-5-12(11(15)7-9)18-13-10(14)3-2-6-17-13/h2-8H,16H2,1H3/t8-/m0/s1. The van der Waals surface area contributed by atoms with E-state index in [1.165, 1.54) is 11.8 Å². The van der Waals surface area contributed by atoms with Gasteiger partial charge in [-0.1, -0.05) is 29.4 Å². The Labute approximate surface area is 124 Å². The van der Waals surface area contributed by atoms with E-state index in [2.05, 4.69) is 20.9 Å². The summed E-state index contributed by atoms with van der Waals surface area (Å²) in [6.45, 7) is 1.94. The predicted octanol–water partition coefficient (Wildman–Crippen LogP) is 4.67. The van der Waals surface area contributed by atoms with Crippen LogP contribution in [0.25, 0.3) is 0 Å². The lowest BCUT2D eigenvalue weighted by molar-refractivity contribution is 0.817. The minimum atomic E-state index is -0.0110. The normalized spacial score (nSPS) is 12.4. The Kier molecular flexibility index (Phi) is 4.67. The molecule has 0 aliphatic heterocycles. The molecule has 5 heteroatoms. The second kappa shape index (κ2) is 6.06. The van der Waals surface area contributed by atoms with Crippen molar-refractivity contribution in [2.75, 3.05) is 0 Å². The first-order chi connectivity index (χ1) is 8.58. The van der Waals surface area contributed by atoms with Crippen LogP contribution >= 0.6 is 39.3 Å². The first-order valence-electron chi connectivity index (χ1n) is 5.41. The number of halogens is 2. The van der Waals surface area contributed by atoms with Gasteiger partial charge in [-0.2, -0.15) is 0 Å². The van der Waals surface area contributed by atoms with E-state index in [9.17, 15) is 0 Å². The van der Waals surface area contributed by atoms with Gasteiger partial charge in [0, 0.05) is 17.1 Å². The van der Waals surface area contributed by atoms with Crippen molar-refractivity contribution in [1.29, 1.82) is 0 Å².